The van der Waals surface area contributed by atoms with Crippen molar-refractivity contribution in [2.24, 2.45) is 0 Å². The minimum atomic E-state index is -4.77. The van der Waals surface area contributed by atoms with Crippen LogP contribution < -0.4 is 0 Å². The average Bonchev–Trinajstić information content (AvgIpc) is 2.51. The van der Waals surface area contributed by atoms with E-state index in [0.29, 0.717) is 0 Å². The van der Waals surface area contributed by atoms with Crippen molar-refractivity contribution < 1.29 is 26.3 Å². The molecule has 0 aliphatic carbocycles. The minimum Gasteiger partial charge on any atom is -0.166 e. The molecule has 0 amide bonds. The molecule has 2 rings (SSSR count). The Hall–Kier alpha value is -1.02. The quantitative estimate of drug-likeness (QED) is 0.325. The first-order valence-corrected chi connectivity index (χ1v) is 8.86. The van der Waals surface area contributed by atoms with Crippen LogP contribution >= 0.6 is 31.9 Å². The molecule has 24 heavy (non-hydrogen) atoms. The molecule has 0 heterocycles. The van der Waals surface area contributed by atoms with Crippen molar-refractivity contribution >= 4 is 31.9 Å². The zero-order valence-corrected chi connectivity index (χ0v) is 15.1. The Bertz CT molecular complexity index is 671. The molecule has 0 nitrogen and oxygen atoms in total. The molecule has 0 aromatic heterocycles. The van der Waals surface area contributed by atoms with Crippen LogP contribution in [0.1, 0.15) is 22.3 Å². The maximum Gasteiger partial charge on any atom is 0.417 e. The van der Waals surface area contributed by atoms with Crippen LogP contribution in [0.3, 0.4) is 0 Å². The smallest absolute Gasteiger partial charge is 0.166 e. The fourth-order valence-corrected chi connectivity index (χ4v) is 3.42. The second-order valence-corrected chi connectivity index (χ2v) is 6.06. The molecule has 0 radical (unpaired) electrons. The zero-order chi connectivity index (χ0) is 18.1. The Kier molecular flexibility index (Phi) is 5.69. The predicted molar refractivity (Wildman–Crippen MR) is 87.1 cm³/mol. The molecule has 0 atom stereocenters. The number of hydrogen-bond acceptors (Lipinski definition) is 0. The van der Waals surface area contributed by atoms with Crippen LogP contribution in [-0.4, -0.2) is 0 Å². The van der Waals surface area contributed by atoms with Gasteiger partial charge in [0.1, 0.15) is 0 Å². The van der Waals surface area contributed by atoms with E-state index in [2.05, 4.69) is 31.9 Å². The fourth-order valence-electron chi connectivity index (χ4n) is 2.49. The second-order valence-electron chi connectivity index (χ2n) is 4.94. The first kappa shape index (κ1) is 19.3. The Morgan fingerprint density at radius 2 is 0.958 bits per heavy atom. The standard InChI is InChI=1S/C16H10Br2F6/c17-7-9-3-1-5-11(15(19,20)21)13(9)14-10(8-18)4-2-6-12(14)16(22,23)24/h1-6H,7-8H2. The molecule has 0 N–H and O–H groups in total. The second kappa shape index (κ2) is 7.07. The van der Waals surface area contributed by atoms with Gasteiger partial charge in [0, 0.05) is 10.7 Å². The summed E-state index contributed by atoms with van der Waals surface area (Å²) in [6.45, 7) is 0. The molecule has 2 aromatic rings. The first-order valence-electron chi connectivity index (χ1n) is 6.61. The summed E-state index contributed by atoms with van der Waals surface area (Å²) in [5, 5.41) is 0.000338. The van der Waals surface area contributed by atoms with E-state index in [1.54, 1.807) is 0 Å². The lowest BCUT2D eigenvalue weighted by Gasteiger charge is -2.22. The fraction of sp³-hybridized carbons (Fsp3) is 0.250. The largest absolute Gasteiger partial charge is 0.417 e. The summed E-state index contributed by atoms with van der Waals surface area (Å²) in [6, 6.07) is 6.73. The molecule has 0 aliphatic rings. The highest BCUT2D eigenvalue weighted by molar-refractivity contribution is 9.08. The minimum absolute atomic E-state index is 0.000169. The normalized spacial score (nSPS) is 12.5. The van der Waals surface area contributed by atoms with E-state index in [0.717, 1.165) is 12.1 Å². The summed E-state index contributed by atoms with van der Waals surface area (Å²) in [7, 11) is 0. The van der Waals surface area contributed by atoms with E-state index in [4.69, 9.17) is 0 Å². The lowest BCUT2D eigenvalue weighted by atomic mass is 9.88. The van der Waals surface area contributed by atoms with E-state index >= 15 is 0 Å². The number of benzene rings is 2. The molecule has 2 aromatic carbocycles. The van der Waals surface area contributed by atoms with Crippen LogP contribution in [0.15, 0.2) is 36.4 Å². The van der Waals surface area contributed by atoms with Gasteiger partial charge in [-0.1, -0.05) is 56.1 Å². The molecule has 0 saturated heterocycles. The van der Waals surface area contributed by atoms with Crippen LogP contribution in [0.2, 0.25) is 0 Å². The summed E-state index contributed by atoms with van der Waals surface area (Å²) in [4.78, 5) is 0. The van der Waals surface area contributed by atoms with Gasteiger partial charge in [-0.05, 0) is 34.4 Å². The molecule has 0 bridgehead atoms. The van der Waals surface area contributed by atoms with Crippen LogP contribution in [0, 0.1) is 0 Å². The third-order valence-corrected chi connectivity index (χ3v) is 4.66. The van der Waals surface area contributed by atoms with Gasteiger partial charge in [-0.25, -0.2) is 0 Å². The molecule has 0 unspecified atom stereocenters. The maximum absolute atomic E-state index is 13.4. The molecule has 0 spiro atoms. The van der Waals surface area contributed by atoms with Gasteiger partial charge in [-0.3, -0.25) is 0 Å². The Balaban J connectivity index is 2.96. The van der Waals surface area contributed by atoms with Crippen molar-refractivity contribution in [3.05, 3.63) is 58.7 Å². The summed E-state index contributed by atoms with van der Waals surface area (Å²) in [5.74, 6) is 0. The number of halogens is 8. The monoisotopic (exact) mass is 474 g/mol. The van der Waals surface area contributed by atoms with Crippen molar-refractivity contribution in [1.29, 1.82) is 0 Å². The van der Waals surface area contributed by atoms with Crippen LogP contribution in [0.5, 0.6) is 0 Å². The molecule has 130 valence electrons. The number of alkyl halides is 8. The van der Waals surface area contributed by atoms with Crippen LogP contribution in [0.25, 0.3) is 11.1 Å². The summed E-state index contributed by atoms with van der Waals surface area (Å²) in [6.07, 6.45) is -9.54. The molecule has 0 aliphatic heterocycles. The van der Waals surface area contributed by atoms with Crippen LogP contribution in [-0.2, 0) is 23.0 Å². The topological polar surface area (TPSA) is 0 Å². The Labute approximate surface area is 151 Å². The summed E-state index contributed by atoms with van der Waals surface area (Å²) >= 11 is 6.14. The van der Waals surface area contributed by atoms with E-state index in [1.165, 1.54) is 24.3 Å². The highest BCUT2D eigenvalue weighted by Crippen LogP contribution is 2.46. The van der Waals surface area contributed by atoms with Gasteiger partial charge in [0.25, 0.3) is 0 Å². The van der Waals surface area contributed by atoms with Gasteiger partial charge >= 0.3 is 12.4 Å². The van der Waals surface area contributed by atoms with Crippen molar-refractivity contribution in [3.8, 4) is 11.1 Å². The van der Waals surface area contributed by atoms with Crippen molar-refractivity contribution in [1.82, 2.24) is 0 Å². The van der Waals surface area contributed by atoms with Gasteiger partial charge in [0.15, 0.2) is 0 Å². The number of rotatable bonds is 3. The highest BCUT2D eigenvalue weighted by atomic mass is 79.9. The van der Waals surface area contributed by atoms with Crippen LogP contribution in [0.4, 0.5) is 26.3 Å². The van der Waals surface area contributed by atoms with Crippen molar-refractivity contribution in [2.45, 2.75) is 23.0 Å². The lowest BCUT2D eigenvalue weighted by Crippen LogP contribution is -2.14. The lowest BCUT2D eigenvalue weighted by molar-refractivity contribution is -0.139. The summed E-state index contributed by atoms with van der Waals surface area (Å²) in [5.41, 5.74) is -2.77. The van der Waals surface area contributed by atoms with E-state index in [1.807, 2.05) is 0 Å². The van der Waals surface area contributed by atoms with Gasteiger partial charge in [-0.15, -0.1) is 0 Å². The Morgan fingerprint density at radius 3 is 1.21 bits per heavy atom. The number of hydrogen-bond donors (Lipinski definition) is 0. The molecule has 0 fully saturated rings. The van der Waals surface area contributed by atoms with Crippen molar-refractivity contribution in [3.63, 3.8) is 0 Å². The van der Waals surface area contributed by atoms with Gasteiger partial charge in [0.05, 0.1) is 11.1 Å². The van der Waals surface area contributed by atoms with Gasteiger partial charge in [-0.2, -0.15) is 26.3 Å². The Morgan fingerprint density at radius 1 is 0.625 bits per heavy atom. The molecule has 8 heteroatoms. The van der Waals surface area contributed by atoms with Gasteiger partial charge in [0.2, 0.25) is 0 Å². The summed E-state index contributed by atoms with van der Waals surface area (Å²) < 4.78 is 80.4. The highest BCUT2D eigenvalue weighted by Gasteiger charge is 2.39. The molecular formula is C16H10Br2F6. The third-order valence-electron chi connectivity index (χ3n) is 3.45. The molecule has 0 saturated carbocycles. The van der Waals surface area contributed by atoms with Crippen molar-refractivity contribution in [2.75, 3.05) is 0 Å². The van der Waals surface area contributed by atoms with E-state index in [-0.39, 0.29) is 21.8 Å². The maximum atomic E-state index is 13.4. The van der Waals surface area contributed by atoms with E-state index < -0.39 is 34.6 Å². The molecular weight excluding hydrogens is 466 g/mol. The third kappa shape index (κ3) is 3.79. The predicted octanol–water partition coefficient (Wildman–Crippen LogP) is 7.18. The van der Waals surface area contributed by atoms with E-state index in [9.17, 15) is 26.3 Å². The average molecular weight is 476 g/mol. The van der Waals surface area contributed by atoms with Gasteiger partial charge < -0.3 is 0 Å². The SMILES string of the molecule is FC(F)(F)c1cccc(CBr)c1-c1c(CBr)cccc1C(F)(F)F. The zero-order valence-electron chi connectivity index (χ0n) is 11.9. The first-order chi connectivity index (χ1) is 11.1.